The van der Waals surface area contributed by atoms with Crippen molar-refractivity contribution in [1.29, 1.82) is 0 Å². The predicted octanol–water partition coefficient (Wildman–Crippen LogP) is 5.19. The van der Waals surface area contributed by atoms with Crippen LogP contribution < -0.4 is 5.32 Å². The third-order valence-electron chi connectivity index (χ3n) is 6.78. The second kappa shape index (κ2) is 5.95. The summed E-state index contributed by atoms with van der Waals surface area (Å²) in [6, 6.07) is 10.4. The largest absolute Gasteiger partial charge is 0.460 e. The molecular weight excluding hydrogens is 390 g/mol. The van der Waals surface area contributed by atoms with Crippen molar-refractivity contribution in [1.82, 2.24) is 5.32 Å². The molecular formula is C22H26BrNO2. The molecule has 4 aliphatic carbocycles. The first kappa shape index (κ1) is 17.0. The molecule has 4 aliphatic rings. The van der Waals surface area contributed by atoms with Crippen LogP contribution in [0.25, 0.3) is 11.3 Å². The first-order valence-corrected chi connectivity index (χ1v) is 10.5. The minimum atomic E-state index is -0.417. The van der Waals surface area contributed by atoms with Crippen LogP contribution in [-0.4, -0.2) is 16.2 Å². The van der Waals surface area contributed by atoms with Gasteiger partial charge in [-0.25, -0.2) is 0 Å². The summed E-state index contributed by atoms with van der Waals surface area (Å²) in [7, 11) is 0. The van der Waals surface area contributed by atoms with E-state index in [1.165, 1.54) is 24.8 Å². The van der Waals surface area contributed by atoms with Gasteiger partial charge < -0.3 is 14.8 Å². The van der Waals surface area contributed by atoms with Crippen LogP contribution in [-0.2, 0) is 6.54 Å². The van der Waals surface area contributed by atoms with Gasteiger partial charge in [-0.1, -0.05) is 15.9 Å². The van der Waals surface area contributed by atoms with Crippen LogP contribution in [0.5, 0.6) is 0 Å². The molecule has 26 heavy (non-hydrogen) atoms. The zero-order valence-corrected chi connectivity index (χ0v) is 16.8. The summed E-state index contributed by atoms with van der Waals surface area (Å²) in [5.41, 5.74) is 2.04. The minimum Gasteiger partial charge on any atom is -0.460 e. The van der Waals surface area contributed by atoms with Crippen LogP contribution in [0.3, 0.4) is 0 Å². The molecule has 2 N–H and O–H groups in total. The van der Waals surface area contributed by atoms with Crippen LogP contribution in [0.4, 0.5) is 0 Å². The van der Waals surface area contributed by atoms with Crippen LogP contribution >= 0.6 is 15.9 Å². The highest BCUT2D eigenvalue weighted by atomic mass is 79.9. The van der Waals surface area contributed by atoms with Gasteiger partial charge in [-0.2, -0.15) is 0 Å². The zero-order chi connectivity index (χ0) is 17.9. The first-order valence-electron chi connectivity index (χ1n) is 9.75. The van der Waals surface area contributed by atoms with Crippen molar-refractivity contribution < 1.29 is 9.52 Å². The van der Waals surface area contributed by atoms with E-state index < -0.39 is 5.60 Å². The molecule has 1 aromatic heterocycles. The van der Waals surface area contributed by atoms with Crippen molar-refractivity contribution in [2.75, 3.05) is 0 Å². The van der Waals surface area contributed by atoms with E-state index in [1.807, 2.05) is 0 Å². The Bertz CT molecular complexity index is 828. The third-order valence-corrected chi connectivity index (χ3v) is 7.28. The van der Waals surface area contributed by atoms with Crippen molar-refractivity contribution in [3.63, 3.8) is 0 Å². The van der Waals surface area contributed by atoms with E-state index in [-0.39, 0.29) is 5.54 Å². The van der Waals surface area contributed by atoms with Gasteiger partial charge in [0.05, 0.1) is 12.1 Å². The Kier molecular flexibility index (Phi) is 3.90. The minimum absolute atomic E-state index is 0.110. The maximum Gasteiger partial charge on any atom is 0.134 e. The molecule has 2 aromatic rings. The lowest BCUT2D eigenvalue weighted by Crippen LogP contribution is -2.64. The highest BCUT2D eigenvalue weighted by Gasteiger charge is 2.56. The summed E-state index contributed by atoms with van der Waals surface area (Å²) in [6.45, 7) is 2.85. The fourth-order valence-corrected chi connectivity index (χ4v) is 6.69. The van der Waals surface area contributed by atoms with Crippen LogP contribution in [0.15, 0.2) is 39.2 Å². The Balaban J connectivity index is 1.32. The fraction of sp³-hybridized carbons (Fsp3) is 0.545. The van der Waals surface area contributed by atoms with Gasteiger partial charge in [0.1, 0.15) is 11.5 Å². The summed E-state index contributed by atoms with van der Waals surface area (Å²) >= 11 is 3.52. The number of hydrogen-bond acceptors (Lipinski definition) is 3. The average molecular weight is 416 g/mol. The van der Waals surface area contributed by atoms with E-state index in [0.29, 0.717) is 11.8 Å². The van der Waals surface area contributed by atoms with Crippen LogP contribution in [0.2, 0.25) is 0 Å². The van der Waals surface area contributed by atoms with E-state index in [4.69, 9.17) is 4.42 Å². The normalized spacial score (nSPS) is 35.2. The molecule has 3 nitrogen and oxygen atoms in total. The molecule has 4 bridgehead atoms. The lowest BCUT2D eigenvalue weighted by atomic mass is 9.51. The van der Waals surface area contributed by atoms with Crippen molar-refractivity contribution >= 4 is 15.9 Å². The second-order valence-electron chi connectivity index (χ2n) is 9.04. The van der Waals surface area contributed by atoms with E-state index >= 15 is 0 Å². The quantitative estimate of drug-likeness (QED) is 0.721. The molecule has 1 heterocycles. The van der Waals surface area contributed by atoms with Gasteiger partial charge in [-0.15, -0.1) is 0 Å². The van der Waals surface area contributed by atoms with Crippen molar-refractivity contribution in [3.05, 3.63) is 46.1 Å². The molecule has 0 radical (unpaired) electrons. The maximum absolute atomic E-state index is 10.9. The van der Waals surface area contributed by atoms with Gasteiger partial charge in [0.25, 0.3) is 0 Å². The molecule has 138 valence electrons. The molecule has 0 aliphatic heterocycles. The maximum atomic E-state index is 10.9. The van der Waals surface area contributed by atoms with Gasteiger partial charge in [0, 0.05) is 15.6 Å². The molecule has 6 rings (SSSR count). The standard InChI is InChI=1S/C22H26BrNO2/c1-14-6-17(23)2-4-19(14)20-5-3-18(26-20)12-24-21-8-15-7-16(9-21)11-22(25,10-15)13-21/h2-6,15-16,24-25H,7-13H2,1H3. The Labute approximate surface area is 163 Å². The smallest absolute Gasteiger partial charge is 0.134 e. The van der Waals surface area contributed by atoms with Gasteiger partial charge in [0.2, 0.25) is 0 Å². The van der Waals surface area contributed by atoms with Gasteiger partial charge in [-0.3, -0.25) is 0 Å². The third kappa shape index (κ3) is 2.96. The molecule has 0 saturated heterocycles. The molecule has 4 saturated carbocycles. The lowest BCUT2D eigenvalue weighted by Gasteiger charge is -2.60. The van der Waals surface area contributed by atoms with E-state index in [2.05, 4.69) is 58.5 Å². The molecule has 0 spiro atoms. The number of aryl methyl sites for hydroxylation is 1. The van der Waals surface area contributed by atoms with Gasteiger partial charge in [-0.05, 0) is 93.2 Å². The number of furan rings is 1. The SMILES string of the molecule is Cc1cc(Br)ccc1-c1ccc(CNC23CC4CC(CC(O)(C4)C2)C3)o1. The Morgan fingerprint density at radius 3 is 2.62 bits per heavy atom. The van der Waals surface area contributed by atoms with Gasteiger partial charge >= 0.3 is 0 Å². The van der Waals surface area contributed by atoms with Gasteiger partial charge in [0.15, 0.2) is 0 Å². The number of hydrogen-bond donors (Lipinski definition) is 2. The van der Waals surface area contributed by atoms with E-state index in [1.54, 1.807) is 0 Å². The number of nitrogens with one attached hydrogen (secondary N) is 1. The van der Waals surface area contributed by atoms with Crippen molar-refractivity contribution in [3.8, 4) is 11.3 Å². The lowest BCUT2D eigenvalue weighted by molar-refractivity contribution is -0.143. The predicted molar refractivity (Wildman–Crippen MR) is 106 cm³/mol. The molecule has 0 amide bonds. The van der Waals surface area contributed by atoms with E-state index in [9.17, 15) is 5.11 Å². The van der Waals surface area contributed by atoms with Crippen LogP contribution in [0, 0.1) is 18.8 Å². The van der Waals surface area contributed by atoms with Crippen molar-refractivity contribution in [2.24, 2.45) is 11.8 Å². The molecule has 2 unspecified atom stereocenters. The van der Waals surface area contributed by atoms with Crippen LogP contribution in [0.1, 0.15) is 49.8 Å². The number of rotatable bonds is 4. The second-order valence-corrected chi connectivity index (χ2v) is 9.96. The average Bonchev–Trinajstić information content (AvgIpc) is 2.99. The topological polar surface area (TPSA) is 45.4 Å². The summed E-state index contributed by atoms with van der Waals surface area (Å²) in [6.07, 6.45) is 6.68. The zero-order valence-electron chi connectivity index (χ0n) is 15.2. The highest BCUT2D eigenvalue weighted by molar-refractivity contribution is 9.10. The summed E-state index contributed by atoms with van der Waals surface area (Å²) in [5.74, 6) is 3.30. The number of aliphatic hydroxyl groups is 1. The first-order chi connectivity index (χ1) is 12.4. The number of benzene rings is 1. The Hall–Kier alpha value is -1.10. The summed E-state index contributed by atoms with van der Waals surface area (Å²) in [4.78, 5) is 0. The molecule has 4 heteroatoms. The number of halogens is 1. The highest BCUT2D eigenvalue weighted by Crippen LogP contribution is 2.57. The van der Waals surface area contributed by atoms with E-state index in [0.717, 1.165) is 47.4 Å². The monoisotopic (exact) mass is 415 g/mol. The molecule has 2 atom stereocenters. The molecule has 4 fully saturated rings. The Morgan fingerprint density at radius 2 is 1.92 bits per heavy atom. The Morgan fingerprint density at radius 1 is 1.15 bits per heavy atom. The summed E-state index contributed by atoms with van der Waals surface area (Å²) < 4.78 is 7.23. The summed E-state index contributed by atoms with van der Waals surface area (Å²) in [5, 5.41) is 14.7. The molecule has 1 aromatic carbocycles. The fourth-order valence-electron chi connectivity index (χ4n) is 6.22. The van der Waals surface area contributed by atoms with Crippen molar-refractivity contribution in [2.45, 2.75) is 63.1 Å².